The number of hydrogen-bond acceptors (Lipinski definition) is 3. The number of hydrogen-bond donors (Lipinski definition) is 0. The summed E-state index contributed by atoms with van der Waals surface area (Å²) in [5, 5.41) is 7.78. The van der Waals surface area contributed by atoms with Crippen LogP contribution in [0.25, 0.3) is 11.3 Å². The molecule has 1 aromatic heterocycles. The van der Waals surface area contributed by atoms with Crippen LogP contribution in [-0.4, -0.2) is 22.1 Å². The Kier molecular flexibility index (Phi) is 2.88. The van der Waals surface area contributed by atoms with Crippen molar-refractivity contribution >= 4 is 0 Å². The second-order valence-corrected chi connectivity index (χ2v) is 3.18. The molecule has 16 heavy (non-hydrogen) atoms. The second-order valence-electron chi connectivity index (χ2n) is 3.18. The molecule has 0 amide bonds. The Bertz CT molecular complexity index is 525. The lowest BCUT2D eigenvalue weighted by atomic mass is 10.1. The Balaban J connectivity index is 2.50. The van der Waals surface area contributed by atoms with Gasteiger partial charge < -0.3 is 4.74 Å². The third kappa shape index (κ3) is 1.75. The van der Waals surface area contributed by atoms with Crippen LogP contribution in [0.2, 0.25) is 0 Å². The van der Waals surface area contributed by atoms with Crippen molar-refractivity contribution in [2.24, 2.45) is 0 Å². The minimum atomic E-state index is 0.396. The van der Waals surface area contributed by atoms with Crippen LogP contribution in [0.3, 0.4) is 0 Å². The van der Waals surface area contributed by atoms with E-state index >= 15 is 0 Å². The molecule has 0 aliphatic rings. The predicted molar refractivity (Wildman–Crippen MR) is 60.8 cm³/mol. The van der Waals surface area contributed by atoms with Crippen LogP contribution in [0.4, 0.5) is 0 Å². The van der Waals surface area contributed by atoms with Crippen molar-refractivity contribution in [3.8, 4) is 29.4 Å². The largest absolute Gasteiger partial charge is 0.496 e. The normalized spacial score (nSPS) is 9.75. The first-order chi connectivity index (χ1) is 7.86. The van der Waals surface area contributed by atoms with Crippen LogP contribution in [0, 0.1) is 12.3 Å². The minimum Gasteiger partial charge on any atom is -0.496 e. The Hall–Kier alpha value is -2.28. The molecule has 0 fully saturated rings. The summed E-state index contributed by atoms with van der Waals surface area (Å²) in [7, 11) is 1.63. The smallest absolute Gasteiger partial charge is 0.128 e. The molecule has 0 radical (unpaired) electrons. The number of rotatable bonds is 3. The molecule has 0 bridgehead atoms. The Labute approximate surface area is 93.9 Å². The molecule has 2 aromatic rings. The maximum atomic E-state index is 5.28. The lowest BCUT2D eigenvalue weighted by molar-refractivity contribution is 0.416. The SMILES string of the molecule is C#CCn1nncc1-c1ccccc1OC. The highest BCUT2D eigenvalue weighted by molar-refractivity contribution is 5.66. The number of aromatic nitrogens is 3. The van der Waals surface area contributed by atoms with Gasteiger partial charge in [-0.2, -0.15) is 0 Å². The molecule has 0 atom stereocenters. The molecule has 1 aromatic carbocycles. The molecule has 4 heteroatoms. The minimum absolute atomic E-state index is 0.396. The summed E-state index contributed by atoms with van der Waals surface area (Å²) in [6.07, 6.45) is 6.94. The van der Waals surface area contributed by atoms with Gasteiger partial charge in [-0.05, 0) is 12.1 Å². The summed E-state index contributed by atoms with van der Waals surface area (Å²) in [5.41, 5.74) is 1.79. The van der Waals surface area contributed by atoms with E-state index in [1.165, 1.54) is 0 Å². The first-order valence-electron chi connectivity index (χ1n) is 4.82. The molecule has 0 N–H and O–H groups in total. The molecule has 1 heterocycles. The fourth-order valence-electron chi connectivity index (χ4n) is 1.53. The van der Waals surface area contributed by atoms with Gasteiger partial charge in [0.1, 0.15) is 12.3 Å². The average Bonchev–Trinajstić information content (AvgIpc) is 2.77. The molecule has 80 valence electrons. The van der Waals surface area contributed by atoms with E-state index < -0.39 is 0 Å². The quantitative estimate of drug-likeness (QED) is 0.727. The van der Waals surface area contributed by atoms with Crippen LogP contribution in [0.1, 0.15) is 0 Å². The number of methoxy groups -OCH3 is 1. The molecule has 4 nitrogen and oxygen atoms in total. The number of ether oxygens (including phenoxy) is 1. The van der Waals surface area contributed by atoms with E-state index in [-0.39, 0.29) is 0 Å². The summed E-state index contributed by atoms with van der Waals surface area (Å²) in [6.45, 7) is 0.396. The highest BCUT2D eigenvalue weighted by Crippen LogP contribution is 2.28. The van der Waals surface area contributed by atoms with E-state index in [2.05, 4.69) is 16.2 Å². The molecule has 2 rings (SSSR count). The van der Waals surface area contributed by atoms with Gasteiger partial charge in [0, 0.05) is 5.56 Å². The van der Waals surface area contributed by atoms with Gasteiger partial charge in [-0.1, -0.05) is 23.3 Å². The number of nitrogens with zero attached hydrogens (tertiary/aromatic N) is 3. The van der Waals surface area contributed by atoms with Gasteiger partial charge in [0.15, 0.2) is 0 Å². The maximum absolute atomic E-state index is 5.28. The van der Waals surface area contributed by atoms with Gasteiger partial charge >= 0.3 is 0 Å². The fourth-order valence-corrected chi connectivity index (χ4v) is 1.53. The zero-order valence-electron chi connectivity index (χ0n) is 8.92. The Morgan fingerprint density at radius 2 is 2.25 bits per heavy atom. The van der Waals surface area contributed by atoms with E-state index in [1.807, 2.05) is 24.3 Å². The number of para-hydroxylation sites is 1. The van der Waals surface area contributed by atoms with Gasteiger partial charge in [0.05, 0.1) is 19.0 Å². The molecule has 0 unspecified atom stereocenters. The first kappa shape index (κ1) is 10.2. The van der Waals surface area contributed by atoms with E-state index in [0.29, 0.717) is 6.54 Å². The molecule has 0 saturated carbocycles. The number of benzene rings is 1. The second kappa shape index (κ2) is 4.49. The molecule has 0 aliphatic carbocycles. The van der Waals surface area contributed by atoms with Gasteiger partial charge in [-0.3, -0.25) is 0 Å². The van der Waals surface area contributed by atoms with E-state index in [0.717, 1.165) is 17.0 Å². The van der Waals surface area contributed by atoms with Crippen molar-refractivity contribution in [1.29, 1.82) is 0 Å². The third-order valence-electron chi connectivity index (χ3n) is 2.24. The highest BCUT2D eigenvalue weighted by atomic mass is 16.5. The molecule has 0 spiro atoms. The molecular formula is C12H11N3O. The zero-order valence-corrected chi connectivity index (χ0v) is 8.92. The topological polar surface area (TPSA) is 39.9 Å². The van der Waals surface area contributed by atoms with Crippen LogP contribution >= 0.6 is 0 Å². The summed E-state index contributed by atoms with van der Waals surface area (Å²) in [4.78, 5) is 0. The van der Waals surface area contributed by atoms with Crippen LogP contribution in [0.15, 0.2) is 30.5 Å². The van der Waals surface area contributed by atoms with Crippen molar-refractivity contribution in [2.45, 2.75) is 6.54 Å². The van der Waals surface area contributed by atoms with Gasteiger partial charge in [0.25, 0.3) is 0 Å². The van der Waals surface area contributed by atoms with Crippen molar-refractivity contribution in [2.75, 3.05) is 7.11 Å². The van der Waals surface area contributed by atoms with E-state index in [1.54, 1.807) is 18.0 Å². The lowest BCUT2D eigenvalue weighted by Gasteiger charge is -2.07. The van der Waals surface area contributed by atoms with Gasteiger partial charge in [0.2, 0.25) is 0 Å². The molecule has 0 saturated heterocycles. The van der Waals surface area contributed by atoms with Gasteiger partial charge in [-0.15, -0.1) is 11.5 Å². The third-order valence-corrected chi connectivity index (χ3v) is 2.24. The van der Waals surface area contributed by atoms with E-state index in [4.69, 9.17) is 11.2 Å². The summed E-state index contributed by atoms with van der Waals surface area (Å²) in [6, 6.07) is 7.69. The zero-order chi connectivity index (χ0) is 11.4. The highest BCUT2D eigenvalue weighted by Gasteiger charge is 2.10. The Morgan fingerprint density at radius 3 is 3.00 bits per heavy atom. The standard InChI is InChI=1S/C12H11N3O/c1-3-8-15-11(9-13-14-15)10-6-4-5-7-12(10)16-2/h1,4-7,9H,8H2,2H3. The average molecular weight is 213 g/mol. The van der Waals surface area contributed by atoms with Crippen LogP contribution in [-0.2, 0) is 6.54 Å². The fraction of sp³-hybridized carbons (Fsp3) is 0.167. The summed E-state index contributed by atoms with van der Waals surface area (Å²) >= 11 is 0. The predicted octanol–water partition coefficient (Wildman–Crippen LogP) is 1.59. The monoisotopic (exact) mass is 213 g/mol. The van der Waals surface area contributed by atoms with Crippen molar-refractivity contribution < 1.29 is 4.74 Å². The van der Waals surface area contributed by atoms with Crippen molar-refractivity contribution in [1.82, 2.24) is 15.0 Å². The van der Waals surface area contributed by atoms with Crippen LogP contribution in [0.5, 0.6) is 5.75 Å². The summed E-state index contributed by atoms with van der Waals surface area (Å²) < 4.78 is 6.95. The van der Waals surface area contributed by atoms with Crippen molar-refractivity contribution in [3.05, 3.63) is 30.5 Å². The Morgan fingerprint density at radius 1 is 1.44 bits per heavy atom. The lowest BCUT2D eigenvalue weighted by Crippen LogP contribution is -2.01. The van der Waals surface area contributed by atoms with Crippen LogP contribution < -0.4 is 4.74 Å². The molecule has 0 aliphatic heterocycles. The maximum Gasteiger partial charge on any atom is 0.128 e. The van der Waals surface area contributed by atoms with Gasteiger partial charge in [-0.25, -0.2) is 4.68 Å². The molecular weight excluding hydrogens is 202 g/mol. The first-order valence-corrected chi connectivity index (χ1v) is 4.82. The van der Waals surface area contributed by atoms with E-state index in [9.17, 15) is 0 Å². The number of terminal acetylenes is 1. The van der Waals surface area contributed by atoms with Crippen molar-refractivity contribution in [3.63, 3.8) is 0 Å². The summed E-state index contributed by atoms with van der Waals surface area (Å²) in [5.74, 6) is 3.32.